The van der Waals surface area contributed by atoms with E-state index in [2.05, 4.69) is 0 Å². The Morgan fingerprint density at radius 1 is 1.00 bits per heavy atom. The molecule has 0 bridgehead atoms. The smallest absolute Gasteiger partial charge is 0.127 e. The second-order valence-corrected chi connectivity index (χ2v) is 5.05. The van der Waals surface area contributed by atoms with Gasteiger partial charge in [0.1, 0.15) is 11.6 Å². The number of nitrogens with two attached hydrogens (primary N) is 1. The SMILES string of the molecule is CC(CN)(Cc1ccc(F)cc1)c1ccccc1F. The predicted octanol–water partition coefficient (Wildman–Crippen LogP) is 3.42. The van der Waals surface area contributed by atoms with Gasteiger partial charge in [-0.1, -0.05) is 37.3 Å². The molecule has 2 aromatic rings. The van der Waals surface area contributed by atoms with Crippen LogP contribution in [0.25, 0.3) is 0 Å². The molecule has 0 aliphatic rings. The second-order valence-electron chi connectivity index (χ2n) is 5.05. The maximum absolute atomic E-state index is 13.9. The molecule has 2 rings (SSSR count). The van der Waals surface area contributed by atoms with Crippen molar-refractivity contribution >= 4 is 0 Å². The maximum Gasteiger partial charge on any atom is 0.127 e. The lowest BCUT2D eigenvalue weighted by atomic mass is 9.77. The molecule has 1 atom stereocenters. The fraction of sp³-hybridized carbons (Fsp3) is 0.250. The quantitative estimate of drug-likeness (QED) is 0.896. The van der Waals surface area contributed by atoms with Gasteiger partial charge in [-0.05, 0) is 35.7 Å². The van der Waals surface area contributed by atoms with Crippen molar-refractivity contribution in [2.24, 2.45) is 5.73 Å². The van der Waals surface area contributed by atoms with Crippen LogP contribution in [0, 0.1) is 11.6 Å². The summed E-state index contributed by atoms with van der Waals surface area (Å²) in [5.74, 6) is -0.526. The zero-order chi connectivity index (χ0) is 13.9. The summed E-state index contributed by atoms with van der Waals surface area (Å²) in [6.07, 6.45) is 0.574. The molecular formula is C16H17F2N. The molecule has 0 spiro atoms. The van der Waals surface area contributed by atoms with Crippen LogP contribution in [-0.2, 0) is 11.8 Å². The highest BCUT2D eigenvalue weighted by atomic mass is 19.1. The highest BCUT2D eigenvalue weighted by Crippen LogP contribution is 2.29. The Labute approximate surface area is 112 Å². The first-order valence-corrected chi connectivity index (χ1v) is 6.25. The molecular weight excluding hydrogens is 244 g/mol. The third kappa shape index (κ3) is 2.99. The molecule has 0 aliphatic heterocycles. The van der Waals surface area contributed by atoms with Gasteiger partial charge in [0.15, 0.2) is 0 Å². The van der Waals surface area contributed by atoms with Crippen molar-refractivity contribution in [3.8, 4) is 0 Å². The summed E-state index contributed by atoms with van der Waals surface area (Å²) >= 11 is 0. The van der Waals surface area contributed by atoms with Gasteiger partial charge >= 0.3 is 0 Å². The topological polar surface area (TPSA) is 26.0 Å². The third-order valence-electron chi connectivity index (χ3n) is 3.48. The van der Waals surface area contributed by atoms with Crippen LogP contribution in [-0.4, -0.2) is 6.54 Å². The Bertz CT molecular complexity index is 551. The van der Waals surface area contributed by atoms with Crippen LogP contribution in [0.5, 0.6) is 0 Å². The summed E-state index contributed by atoms with van der Waals surface area (Å²) in [4.78, 5) is 0. The monoisotopic (exact) mass is 261 g/mol. The van der Waals surface area contributed by atoms with Gasteiger partial charge in [0.05, 0.1) is 0 Å². The Kier molecular flexibility index (Phi) is 3.96. The first kappa shape index (κ1) is 13.7. The van der Waals surface area contributed by atoms with E-state index in [0.717, 1.165) is 5.56 Å². The molecule has 1 unspecified atom stereocenters. The van der Waals surface area contributed by atoms with E-state index >= 15 is 0 Å². The standard InChI is InChI=1S/C16H17F2N/c1-16(11-19,14-4-2-3-5-15(14)18)10-12-6-8-13(17)9-7-12/h2-9H,10-11,19H2,1H3. The molecule has 1 nitrogen and oxygen atoms in total. The van der Waals surface area contributed by atoms with E-state index in [9.17, 15) is 8.78 Å². The highest BCUT2D eigenvalue weighted by Gasteiger charge is 2.28. The number of hydrogen-bond acceptors (Lipinski definition) is 1. The zero-order valence-electron chi connectivity index (χ0n) is 10.9. The lowest BCUT2D eigenvalue weighted by Crippen LogP contribution is -2.35. The van der Waals surface area contributed by atoms with Crippen LogP contribution >= 0.6 is 0 Å². The summed E-state index contributed by atoms with van der Waals surface area (Å²) < 4.78 is 26.8. The van der Waals surface area contributed by atoms with E-state index in [0.29, 0.717) is 18.5 Å². The Morgan fingerprint density at radius 3 is 2.21 bits per heavy atom. The molecule has 0 aromatic heterocycles. The molecule has 3 heteroatoms. The Morgan fingerprint density at radius 2 is 1.63 bits per heavy atom. The average Bonchev–Trinajstić information content (AvgIpc) is 2.42. The molecule has 2 aromatic carbocycles. The van der Waals surface area contributed by atoms with Crippen molar-refractivity contribution in [3.05, 3.63) is 71.3 Å². The maximum atomic E-state index is 13.9. The van der Waals surface area contributed by atoms with Gasteiger partial charge in [-0.3, -0.25) is 0 Å². The normalized spacial score (nSPS) is 14.1. The molecule has 0 aliphatic carbocycles. The molecule has 0 radical (unpaired) electrons. The number of rotatable bonds is 4. The zero-order valence-corrected chi connectivity index (χ0v) is 10.9. The van der Waals surface area contributed by atoms with Crippen molar-refractivity contribution in [2.75, 3.05) is 6.54 Å². The lowest BCUT2D eigenvalue weighted by molar-refractivity contribution is 0.450. The van der Waals surface area contributed by atoms with E-state index in [1.807, 2.05) is 6.92 Å². The first-order chi connectivity index (χ1) is 9.05. The number of halogens is 2. The van der Waals surface area contributed by atoms with Gasteiger partial charge in [-0.15, -0.1) is 0 Å². The van der Waals surface area contributed by atoms with Crippen molar-refractivity contribution in [2.45, 2.75) is 18.8 Å². The lowest BCUT2D eigenvalue weighted by Gasteiger charge is -2.29. The fourth-order valence-electron chi connectivity index (χ4n) is 2.28. The van der Waals surface area contributed by atoms with Crippen LogP contribution < -0.4 is 5.73 Å². The van der Waals surface area contributed by atoms with Gasteiger partial charge in [-0.2, -0.15) is 0 Å². The van der Waals surface area contributed by atoms with Gasteiger partial charge < -0.3 is 5.73 Å². The Balaban J connectivity index is 2.33. The Hall–Kier alpha value is -1.74. The molecule has 0 amide bonds. The van der Waals surface area contributed by atoms with Crippen LogP contribution in [0.4, 0.5) is 8.78 Å². The molecule has 0 fully saturated rings. The largest absolute Gasteiger partial charge is 0.330 e. The second kappa shape index (κ2) is 5.49. The van der Waals surface area contributed by atoms with Gasteiger partial charge in [0.25, 0.3) is 0 Å². The summed E-state index contributed by atoms with van der Waals surface area (Å²) in [6, 6.07) is 12.9. The van der Waals surface area contributed by atoms with E-state index in [4.69, 9.17) is 5.73 Å². The number of benzene rings is 2. The van der Waals surface area contributed by atoms with Gasteiger partial charge in [-0.25, -0.2) is 8.78 Å². The molecule has 2 N–H and O–H groups in total. The summed E-state index contributed by atoms with van der Waals surface area (Å²) in [5.41, 5.74) is 6.89. The highest BCUT2D eigenvalue weighted by molar-refractivity contribution is 5.30. The molecule has 19 heavy (non-hydrogen) atoms. The fourth-order valence-corrected chi connectivity index (χ4v) is 2.28. The average molecular weight is 261 g/mol. The minimum atomic E-state index is -0.497. The minimum absolute atomic E-state index is 0.252. The summed E-state index contributed by atoms with van der Waals surface area (Å²) in [6.45, 7) is 2.25. The predicted molar refractivity (Wildman–Crippen MR) is 72.9 cm³/mol. The summed E-state index contributed by atoms with van der Waals surface area (Å²) in [5, 5.41) is 0. The van der Waals surface area contributed by atoms with Crippen LogP contribution in [0.2, 0.25) is 0 Å². The molecule has 100 valence electrons. The van der Waals surface area contributed by atoms with Crippen molar-refractivity contribution in [1.82, 2.24) is 0 Å². The molecule has 0 saturated heterocycles. The van der Waals surface area contributed by atoms with Crippen LogP contribution in [0.15, 0.2) is 48.5 Å². The van der Waals surface area contributed by atoms with E-state index in [-0.39, 0.29) is 11.6 Å². The molecule has 0 saturated carbocycles. The van der Waals surface area contributed by atoms with E-state index in [1.54, 1.807) is 30.3 Å². The van der Waals surface area contributed by atoms with Gasteiger partial charge in [0, 0.05) is 12.0 Å². The van der Waals surface area contributed by atoms with Crippen LogP contribution in [0.3, 0.4) is 0 Å². The van der Waals surface area contributed by atoms with E-state index in [1.165, 1.54) is 18.2 Å². The van der Waals surface area contributed by atoms with Crippen LogP contribution in [0.1, 0.15) is 18.1 Å². The van der Waals surface area contributed by atoms with Crippen molar-refractivity contribution in [1.29, 1.82) is 0 Å². The van der Waals surface area contributed by atoms with Crippen molar-refractivity contribution in [3.63, 3.8) is 0 Å². The molecule has 0 heterocycles. The number of hydrogen-bond donors (Lipinski definition) is 1. The third-order valence-corrected chi connectivity index (χ3v) is 3.48. The summed E-state index contributed by atoms with van der Waals surface area (Å²) in [7, 11) is 0. The first-order valence-electron chi connectivity index (χ1n) is 6.25. The van der Waals surface area contributed by atoms with Gasteiger partial charge in [0.2, 0.25) is 0 Å². The minimum Gasteiger partial charge on any atom is -0.330 e. The van der Waals surface area contributed by atoms with E-state index < -0.39 is 5.41 Å². The van der Waals surface area contributed by atoms with Crippen molar-refractivity contribution < 1.29 is 8.78 Å².